The molecule has 12 heteroatoms. The number of pyridine rings is 1. The number of rotatable bonds is 15. The van der Waals surface area contributed by atoms with Gasteiger partial charge in [-0.1, -0.05) is 43.0 Å². The fourth-order valence-electron chi connectivity index (χ4n) is 4.56. The van der Waals surface area contributed by atoms with Crippen molar-refractivity contribution >= 4 is 34.4 Å². The molecule has 0 fully saturated rings. The number of fused-ring (bicyclic) bond motifs is 1. The molecule has 2 amide bonds. The van der Waals surface area contributed by atoms with Gasteiger partial charge in [0.25, 0.3) is 0 Å². The number of nitrogens with zero attached hydrogens (tertiary/aromatic N) is 2. The Balaban J connectivity index is 1.51. The van der Waals surface area contributed by atoms with Crippen LogP contribution in [0, 0.1) is 11.6 Å². The van der Waals surface area contributed by atoms with Gasteiger partial charge in [0.2, 0.25) is 0 Å². The number of aryl methyl sites for hydroxylation is 1. The van der Waals surface area contributed by atoms with Gasteiger partial charge in [-0.2, -0.15) is 13.2 Å². The van der Waals surface area contributed by atoms with Crippen molar-refractivity contribution in [1.82, 2.24) is 15.2 Å². The molecule has 1 N–H and O–H groups in total. The third-order valence-corrected chi connectivity index (χ3v) is 7.49. The first-order valence-corrected chi connectivity index (χ1v) is 14.5. The van der Waals surface area contributed by atoms with E-state index in [-0.39, 0.29) is 36.8 Å². The lowest BCUT2D eigenvalue weighted by atomic mass is 10.1. The summed E-state index contributed by atoms with van der Waals surface area (Å²) < 4.78 is 70.0. The monoisotopic (exact) mass is 627 g/mol. The zero-order valence-electron chi connectivity index (χ0n) is 23.9. The Morgan fingerprint density at radius 2 is 1.79 bits per heavy atom. The van der Waals surface area contributed by atoms with Crippen molar-refractivity contribution in [3.8, 4) is 0 Å². The zero-order valence-corrected chi connectivity index (χ0v) is 24.6. The third kappa shape index (κ3) is 11.6. The van der Waals surface area contributed by atoms with Gasteiger partial charge in [-0.25, -0.2) is 13.6 Å². The SMILES string of the molecule is CN(C(=O)NCc1cccc(F)c1Cl)[C@@H](CCCCCCC(F)(F)F)COC(=O)CCCc1cc2cc(F)ccc2cn1. The third-order valence-electron chi connectivity index (χ3n) is 7.07. The van der Waals surface area contributed by atoms with Crippen molar-refractivity contribution in [2.45, 2.75) is 76.6 Å². The highest BCUT2D eigenvalue weighted by Crippen LogP contribution is 2.24. The molecule has 0 aliphatic carbocycles. The molecule has 1 aromatic heterocycles. The number of ether oxygens (including phenoxy) is 1. The minimum Gasteiger partial charge on any atom is -0.463 e. The van der Waals surface area contributed by atoms with Crippen LogP contribution in [0.3, 0.4) is 0 Å². The standard InChI is InChI=1S/C31H35ClF5N3O3/c1-40(30(42)39-19-22-8-6-11-27(34)29(22)32)26(10-4-2-3-5-15-31(35,36)37)20-43-28(41)12-7-9-25-17-23-16-24(33)14-13-21(23)18-38-25/h6,8,11,13-14,16-18,26H,2-5,7,9-10,12,15,19-20H2,1H3,(H,39,42)/t26-/m0/s1. The second-order valence-electron chi connectivity index (χ2n) is 10.4. The van der Waals surface area contributed by atoms with Crippen LogP contribution in [0.25, 0.3) is 10.8 Å². The number of esters is 1. The van der Waals surface area contributed by atoms with E-state index in [4.69, 9.17) is 16.3 Å². The summed E-state index contributed by atoms with van der Waals surface area (Å²) in [6.07, 6.45) is -0.493. The van der Waals surface area contributed by atoms with E-state index in [1.807, 2.05) is 0 Å². The van der Waals surface area contributed by atoms with Crippen LogP contribution < -0.4 is 5.32 Å². The zero-order chi connectivity index (χ0) is 31.4. The number of halogens is 6. The molecule has 0 saturated carbocycles. The van der Waals surface area contributed by atoms with Crippen molar-refractivity contribution in [2.24, 2.45) is 0 Å². The van der Waals surface area contributed by atoms with E-state index in [0.29, 0.717) is 49.8 Å². The van der Waals surface area contributed by atoms with E-state index in [1.54, 1.807) is 24.4 Å². The predicted octanol–water partition coefficient (Wildman–Crippen LogP) is 8.15. The molecule has 0 saturated heterocycles. The van der Waals surface area contributed by atoms with Crippen LogP contribution in [-0.4, -0.2) is 47.8 Å². The predicted molar refractivity (Wildman–Crippen MR) is 155 cm³/mol. The second kappa shape index (κ2) is 16.4. The molecule has 0 aliphatic rings. The van der Waals surface area contributed by atoms with Gasteiger partial charge in [0.1, 0.15) is 18.2 Å². The van der Waals surface area contributed by atoms with Crippen LogP contribution in [0.5, 0.6) is 0 Å². The molecule has 6 nitrogen and oxygen atoms in total. The van der Waals surface area contributed by atoms with Gasteiger partial charge in [-0.3, -0.25) is 9.78 Å². The molecule has 1 heterocycles. The first kappa shape index (κ1) is 34.0. The molecule has 0 spiro atoms. The normalized spacial score (nSPS) is 12.3. The van der Waals surface area contributed by atoms with Gasteiger partial charge in [-0.15, -0.1) is 0 Å². The molecule has 0 bridgehead atoms. The summed E-state index contributed by atoms with van der Waals surface area (Å²) in [7, 11) is 1.53. The second-order valence-corrected chi connectivity index (χ2v) is 10.8. The van der Waals surface area contributed by atoms with Crippen molar-refractivity contribution < 1.29 is 36.3 Å². The lowest BCUT2D eigenvalue weighted by molar-refractivity contribution is -0.145. The number of nitrogens with one attached hydrogen (secondary N) is 1. The number of carbonyl (C=O) groups is 2. The smallest absolute Gasteiger partial charge is 0.389 e. The fourth-order valence-corrected chi connectivity index (χ4v) is 4.76. The van der Waals surface area contributed by atoms with E-state index in [1.165, 1.54) is 36.2 Å². The Morgan fingerprint density at radius 3 is 2.56 bits per heavy atom. The molecule has 0 unspecified atom stereocenters. The molecule has 0 aliphatic heterocycles. The number of unbranched alkanes of at least 4 members (excludes halogenated alkanes) is 3. The summed E-state index contributed by atoms with van der Waals surface area (Å²) >= 11 is 5.97. The quantitative estimate of drug-likeness (QED) is 0.105. The lowest BCUT2D eigenvalue weighted by Gasteiger charge is -2.28. The summed E-state index contributed by atoms with van der Waals surface area (Å²) in [6, 6.07) is 9.43. The summed E-state index contributed by atoms with van der Waals surface area (Å²) in [5.41, 5.74) is 1.10. The average molecular weight is 628 g/mol. The highest BCUT2D eigenvalue weighted by Gasteiger charge is 2.26. The number of hydrogen-bond acceptors (Lipinski definition) is 4. The number of urea groups is 1. The van der Waals surface area contributed by atoms with Gasteiger partial charge < -0.3 is 15.0 Å². The van der Waals surface area contributed by atoms with Crippen LogP contribution >= 0.6 is 11.6 Å². The Labute approximate surface area is 252 Å². The van der Waals surface area contributed by atoms with Gasteiger partial charge in [0.05, 0.1) is 11.1 Å². The van der Waals surface area contributed by atoms with E-state index >= 15 is 0 Å². The van der Waals surface area contributed by atoms with Crippen molar-refractivity contribution in [3.63, 3.8) is 0 Å². The van der Waals surface area contributed by atoms with Gasteiger partial charge >= 0.3 is 18.2 Å². The minimum absolute atomic E-state index is 0.0227. The maximum atomic E-state index is 13.7. The van der Waals surface area contributed by atoms with Crippen LogP contribution in [-0.2, 0) is 22.5 Å². The molecule has 0 radical (unpaired) electrons. The minimum atomic E-state index is -4.19. The molecule has 3 aromatic rings. The van der Waals surface area contributed by atoms with E-state index in [2.05, 4.69) is 10.3 Å². The Bertz CT molecular complexity index is 1370. The molecule has 43 heavy (non-hydrogen) atoms. The van der Waals surface area contributed by atoms with Gasteiger partial charge in [0.15, 0.2) is 0 Å². The topological polar surface area (TPSA) is 71.5 Å². The lowest BCUT2D eigenvalue weighted by Crippen LogP contribution is -2.45. The summed E-state index contributed by atoms with van der Waals surface area (Å²) in [5, 5.41) is 4.10. The number of aromatic nitrogens is 1. The van der Waals surface area contributed by atoms with E-state index in [0.717, 1.165) is 10.8 Å². The maximum absolute atomic E-state index is 13.7. The Hall–Kier alpha value is -3.47. The molecule has 1 atom stereocenters. The number of hydrogen-bond donors (Lipinski definition) is 1. The van der Waals surface area contributed by atoms with E-state index in [9.17, 15) is 31.5 Å². The summed E-state index contributed by atoms with van der Waals surface area (Å²) in [5.74, 6) is -1.43. The summed E-state index contributed by atoms with van der Waals surface area (Å²) in [4.78, 5) is 31.1. The maximum Gasteiger partial charge on any atom is 0.389 e. The number of amides is 2. The van der Waals surface area contributed by atoms with Crippen molar-refractivity contribution in [1.29, 1.82) is 0 Å². The molecular formula is C31H35ClF5N3O3. The first-order valence-electron chi connectivity index (χ1n) is 14.1. The number of likely N-dealkylation sites (N-methyl/N-ethyl adjacent to an activating group) is 1. The van der Waals surface area contributed by atoms with E-state index < -0.39 is 36.5 Å². The van der Waals surface area contributed by atoms with Crippen molar-refractivity contribution in [3.05, 3.63) is 76.6 Å². The van der Waals surface area contributed by atoms with Crippen LogP contribution in [0.1, 0.15) is 62.6 Å². The fraction of sp³-hybridized carbons (Fsp3) is 0.452. The van der Waals surface area contributed by atoms with Gasteiger partial charge in [-0.05, 0) is 67.0 Å². The molecule has 234 valence electrons. The Kier molecular flexibility index (Phi) is 13.0. The Morgan fingerprint density at radius 1 is 1.02 bits per heavy atom. The average Bonchev–Trinajstić information content (AvgIpc) is 2.95. The number of alkyl halides is 3. The highest BCUT2D eigenvalue weighted by molar-refractivity contribution is 6.31. The van der Waals surface area contributed by atoms with Crippen LogP contribution in [0.2, 0.25) is 5.02 Å². The first-order chi connectivity index (χ1) is 20.4. The van der Waals surface area contributed by atoms with Crippen LogP contribution in [0.4, 0.5) is 26.7 Å². The van der Waals surface area contributed by atoms with Crippen LogP contribution in [0.15, 0.2) is 48.7 Å². The number of carbonyl (C=O) groups excluding carboxylic acids is 2. The molecular weight excluding hydrogens is 593 g/mol. The van der Waals surface area contributed by atoms with Gasteiger partial charge in [0, 0.05) is 43.7 Å². The molecule has 2 aromatic carbocycles. The number of benzene rings is 2. The van der Waals surface area contributed by atoms with Crippen molar-refractivity contribution in [2.75, 3.05) is 13.7 Å². The highest BCUT2D eigenvalue weighted by atomic mass is 35.5. The molecule has 3 rings (SSSR count). The largest absolute Gasteiger partial charge is 0.463 e. The summed E-state index contributed by atoms with van der Waals surface area (Å²) in [6.45, 7) is -0.126.